The van der Waals surface area contributed by atoms with Crippen molar-refractivity contribution in [1.29, 1.82) is 0 Å². The summed E-state index contributed by atoms with van der Waals surface area (Å²) in [7, 11) is 9.14. The third kappa shape index (κ3) is 11.7. The van der Waals surface area contributed by atoms with Gasteiger partial charge in [0.15, 0.2) is 5.72 Å². The van der Waals surface area contributed by atoms with Crippen molar-refractivity contribution < 1.29 is 52.8 Å². The Morgan fingerprint density at radius 3 is 2.54 bits per heavy atom. The number of hydrogen-bond acceptors (Lipinski definition) is 13. The maximum Gasteiger partial charge on any atom is 0.409 e. The molecule has 3 aliphatic heterocycles. The molecule has 2 N–H and O–H groups in total. The Bertz CT molecular complexity index is 1730. The molecule has 0 spiro atoms. The molecule has 0 unspecified atom stereocenters. The number of halogens is 1. The summed E-state index contributed by atoms with van der Waals surface area (Å²) in [6.07, 6.45) is 2.33. The predicted octanol–water partition coefficient (Wildman–Crippen LogP) is 5.66. The third-order valence-corrected chi connectivity index (χ3v) is 13.6. The molecule has 1 aromatic rings. The van der Waals surface area contributed by atoms with Crippen LogP contribution in [0.2, 0.25) is 5.02 Å². The fraction of sp³-hybridized carbons (Fsp3) is 0.625. The average Bonchev–Trinajstić information content (AvgIpc) is 3.86. The second kappa shape index (κ2) is 20.1. The lowest BCUT2D eigenvalue weighted by atomic mass is 9.83. The molecule has 3 amide bonds. The van der Waals surface area contributed by atoms with Gasteiger partial charge >= 0.3 is 12.1 Å². The number of nitrogens with zero attached hydrogens (tertiary/aromatic N) is 2. The number of rotatable bonds is 13. The fourth-order valence-electron chi connectivity index (χ4n) is 7.02. The monoisotopic (exact) mass is 853 g/mol. The summed E-state index contributed by atoms with van der Waals surface area (Å²) in [5.41, 5.74) is -0.957. The summed E-state index contributed by atoms with van der Waals surface area (Å²) in [5, 5.41) is 14.5. The van der Waals surface area contributed by atoms with Crippen LogP contribution in [0.15, 0.2) is 35.9 Å². The highest BCUT2D eigenvalue weighted by molar-refractivity contribution is 8.76. The second-order valence-electron chi connectivity index (χ2n) is 15.1. The Morgan fingerprint density at radius 1 is 1.18 bits per heavy atom. The number of Topliss-reactive ketones (excluding diaryl/α,β-unsaturated/α-hetero) is 1. The molecule has 2 fully saturated rings. The van der Waals surface area contributed by atoms with Gasteiger partial charge < -0.3 is 43.4 Å². The number of anilines is 1. The van der Waals surface area contributed by atoms with Gasteiger partial charge in [0.05, 0.1) is 25.3 Å². The highest BCUT2D eigenvalue weighted by Gasteiger charge is 2.64. The van der Waals surface area contributed by atoms with Crippen molar-refractivity contribution in [2.24, 2.45) is 5.92 Å². The van der Waals surface area contributed by atoms with Crippen molar-refractivity contribution in [3.63, 3.8) is 0 Å². The van der Waals surface area contributed by atoms with E-state index in [-0.39, 0.29) is 36.0 Å². The lowest BCUT2D eigenvalue weighted by Crippen LogP contribution is -2.63. The number of methoxy groups -OCH3 is 2. The third-order valence-electron chi connectivity index (χ3n) is 10.8. The van der Waals surface area contributed by atoms with Gasteiger partial charge in [0.25, 0.3) is 0 Å². The summed E-state index contributed by atoms with van der Waals surface area (Å²) in [6, 6.07) is 2.58. The van der Waals surface area contributed by atoms with Crippen LogP contribution in [0.25, 0.3) is 0 Å². The van der Waals surface area contributed by atoms with E-state index in [2.05, 4.69) is 5.32 Å². The predicted molar refractivity (Wildman–Crippen MR) is 220 cm³/mol. The van der Waals surface area contributed by atoms with Crippen molar-refractivity contribution >= 4 is 68.5 Å². The molecule has 4 rings (SSSR count). The van der Waals surface area contributed by atoms with E-state index in [1.54, 1.807) is 69.8 Å². The standard InChI is InChI=1S/C40H56ClN3O11S2/c1-23-12-10-14-31(52-9)40(50)22-30(53-38(49)42-40)25(3)36-39(5,55-36)32(21-34(47)44(7)28-19-27(18-23)20-29(51-8)35(28)41)54-37(48)26(4)43(6)33(46)15-17-57-56-16-11-13-24(2)45/h10,12,14,19-20,25-26,30-32,36,50H,11,13,15-18,21-22H2,1-9H3,(H,42,49)/b14-10+,23-12+/t25-,26+,30+,31-,32+,36+,39+,40+/m1/s1. The first-order valence-corrected chi connectivity index (χ1v) is 21.8. The van der Waals surface area contributed by atoms with E-state index >= 15 is 0 Å². The fourth-order valence-corrected chi connectivity index (χ4v) is 9.40. The molecule has 57 heavy (non-hydrogen) atoms. The van der Waals surface area contributed by atoms with Crippen LogP contribution in [0.5, 0.6) is 5.75 Å². The van der Waals surface area contributed by atoms with Gasteiger partial charge in [-0.1, -0.05) is 63.9 Å². The molecule has 0 radical (unpaired) electrons. The summed E-state index contributed by atoms with van der Waals surface area (Å²) in [4.78, 5) is 67.9. The van der Waals surface area contributed by atoms with E-state index in [0.29, 0.717) is 30.0 Å². The Hall–Kier alpha value is -3.28. The first kappa shape index (κ1) is 46.4. The minimum Gasteiger partial charge on any atom is -0.495 e. The first-order valence-electron chi connectivity index (χ1n) is 18.9. The second-order valence-corrected chi connectivity index (χ2v) is 18.2. The molecule has 0 aliphatic carbocycles. The van der Waals surface area contributed by atoms with Gasteiger partial charge in [0.2, 0.25) is 11.8 Å². The van der Waals surface area contributed by atoms with Crippen molar-refractivity contribution in [3.8, 4) is 5.75 Å². The lowest BCUT2D eigenvalue weighted by molar-refractivity contribution is -0.162. The molecular weight excluding hydrogens is 798 g/mol. The summed E-state index contributed by atoms with van der Waals surface area (Å²) in [6.45, 7) is 8.55. The lowest BCUT2D eigenvalue weighted by Gasteiger charge is -2.42. The Balaban J connectivity index is 1.63. The van der Waals surface area contributed by atoms with E-state index in [1.165, 1.54) is 41.9 Å². The number of hydrogen-bond donors (Lipinski definition) is 2. The molecule has 316 valence electrons. The van der Waals surface area contributed by atoms with Crippen LogP contribution in [0, 0.1) is 5.92 Å². The Morgan fingerprint density at radius 2 is 1.88 bits per heavy atom. The van der Waals surface area contributed by atoms with E-state index in [9.17, 15) is 29.1 Å². The molecule has 1 aromatic carbocycles. The van der Waals surface area contributed by atoms with Crippen LogP contribution < -0.4 is 15.0 Å². The molecule has 8 atom stereocenters. The quantitative estimate of drug-likeness (QED) is 0.108. The van der Waals surface area contributed by atoms with Gasteiger partial charge in [-0.25, -0.2) is 9.59 Å². The van der Waals surface area contributed by atoms with Gasteiger partial charge in [-0.3, -0.25) is 14.9 Å². The molecule has 0 aromatic heterocycles. The Labute approximate surface area is 348 Å². The van der Waals surface area contributed by atoms with Gasteiger partial charge in [-0.15, -0.1) is 0 Å². The number of fused-ring (bicyclic) bond motifs is 5. The largest absolute Gasteiger partial charge is 0.495 e. The maximum atomic E-state index is 14.2. The number of amides is 3. The van der Waals surface area contributed by atoms with E-state index in [0.717, 1.165) is 23.3 Å². The number of aliphatic hydroxyl groups is 1. The number of ether oxygens (including phenoxy) is 5. The topological polar surface area (TPSA) is 174 Å². The Kier molecular flexibility index (Phi) is 16.4. The molecule has 3 aliphatic rings. The summed E-state index contributed by atoms with van der Waals surface area (Å²) < 4.78 is 29.3. The van der Waals surface area contributed by atoms with Crippen LogP contribution in [0.3, 0.4) is 0 Å². The van der Waals surface area contributed by atoms with Crippen molar-refractivity contribution in [1.82, 2.24) is 10.2 Å². The number of nitrogens with one attached hydrogen (secondary N) is 1. The number of carbonyl (C=O) groups is 5. The minimum atomic E-state index is -1.84. The highest BCUT2D eigenvalue weighted by atomic mass is 35.5. The smallest absolute Gasteiger partial charge is 0.409 e. The van der Waals surface area contributed by atoms with E-state index in [4.69, 9.17) is 35.3 Å². The first-order chi connectivity index (χ1) is 26.8. The van der Waals surface area contributed by atoms with Gasteiger partial charge in [-0.2, -0.15) is 0 Å². The minimum absolute atomic E-state index is 0.0587. The number of allylic oxidation sites excluding steroid dienone is 3. The number of likely N-dealkylation sites (N-methyl/N-ethyl adjacent to an activating group) is 1. The van der Waals surface area contributed by atoms with Crippen molar-refractivity contribution in [2.75, 3.05) is 44.7 Å². The summed E-state index contributed by atoms with van der Waals surface area (Å²) >= 11 is 6.77. The molecule has 0 saturated carbocycles. The molecule has 3 heterocycles. The SMILES string of the molecule is COc1cc2cc(c1Cl)N(C)C(=O)C[C@H](OC(=O)[C@H](C)N(C)C(=O)CCSSCCCC(C)=O)[C@]1(C)O[C@H]1[C@H](C)[C@@H]1C[C@@](O)(NC(=O)O1)[C@H](OC)/C=C/C=C(\C)C2. The zero-order chi connectivity index (χ0) is 42.2. The van der Waals surface area contributed by atoms with Crippen LogP contribution in [-0.2, 0) is 44.5 Å². The number of esters is 1. The summed E-state index contributed by atoms with van der Waals surface area (Å²) in [5.74, 6) is -0.150. The van der Waals surface area contributed by atoms with Crippen molar-refractivity contribution in [2.45, 2.75) is 115 Å². The highest BCUT2D eigenvalue weighted by Crippen LogP contribution is 2.49. The van der Waals surface area contributed by atoms with Gasteiger partial charge in [-0.05, 0) is 58.2 Å². The van der Waals surface area contributed by atoms with Crippen LogP contribution in [-0.4, -0.2) is 121 Å². The zero-order valence-corrected chi connectivity index (χ0v) is 36.5. The number of ketones is 1. The number of epoxide rings is 1. The normalized spacial score (nSPS) is 29.8. The molecular formula is C40H56ClN3O11S2. The van der Waals surface area contributed by atoms with Crippen LogP contribution in [0.1, 0.15) is 72.3 Å². The molecule has 4 bridgehead atoms. The molecule has 17 heteroatoms. The zero-order valence-electron chi connectivity index (χ0n) is 34.1. The van der Waals surface area contributed by atoms with E-state index in [1.807, 2.05) is 13.0 Å². The van der Waals surface area contributed by atoms with Gasteiger partial charge in [0.1, 0.15) is 46.5 Å². The molecule has 2 saturated heterocycles. The number of benzene rings is 1. The average molecular weight is 854 g/mol. The number of carbonyl (C=O) groups excluding carboxylic acids is 5. The van der Waals surface area contributed by atoms with E-state index < -0.39 is 65.7 Å². The van der Waals surface area contributed by atoms with Crippen LogP contribution >= 0.6 is 33.2 Å². The maximum absolute atomic E-state index is 14.2. The molecule has 14 nitrogen and oxygen atoms in total. The van der Waals surface area contributed by atoms with Crippen molar-refractivity contribution in [3.05, 3.63) is 46.5 Å². The van der Waals surface area contributed by atoms with Crippen LogP contribution in [0.4, 0.5) is 10.5 Å². The van der Waals surface area contributed by atoms with Gasteiger partial charge in [0, 0.05) is 57.9 Å². The number of alkyl carbamates (subject to hydrolysis) is 1.